The van der Waals surface area contributed by atoms with E-state index in [1.54, 1.807) is 0 Å². The van der Waals surface area contributed by atoms with Gasteiger partial charge in [-0.1, -0.05) is 0 Å². The van der Waals surface area contributed by atoms with Gasteiger partial charge in [-0.3, -0.25) is 0 Å². The summed E-state index contributed by atoms with van der Waals surface area (Å²) in [5, 5.41) is 3.45. The maximum atomic E-state index is 5.85. The Labute approximate surface area is 102 Å². The molecule has 2 atom stereocenters. The van der Waals surface area contributed by atoms with Gasteiger partial charge in [0.2, 0.25) is 5.89 Å². The van der Waals surface area contributed by atoms with E-state index in [0.29, 0.717) is 12.0 Å². The van der Waals surface area contributed by atoms with E-state index < -0.39 is 0 Å². The van der Waals surface area contributed by atoms with Crippen molar-refractivity contribution in [3.8, 4) is 0 Å². The topological polar surface area (TPSA) is 41.3 Å². The molecule has 2 aliphatic rings. The quantitative estimate of drug-likeness (QED) is 0.849. The summed E-state index contributed by atoms with van der Waals surface area (Å²) in [6.45, 7) is 5.44. The molecule has 3 heterocycles. The molecule has 2 saturated heterocycles. The molecular weight excluding hydrogens is 214 g/mol. The lowest BCUT2D eigenvalue weighted by Crippen LogP contribution is -2.14. The van der Waals surface area contributed by atoms with Crippen molar-refractivity contribution in [3.05, 3.63) is 17.3 Å². The molecule has 3 rings (SSSR count). The molecule has 0 bridgehead atoms. The van der Waals surface area contributed by atoms with Crippen LogP contribution in [0.4, 0.5) is 0 Å². The number of aromatic nitrogens is 1. The fourth-order valence-electron chi connectivity index (χ4n) is 3.01. The van der Waals surface area contributed by atoms with Crippen molar-refractivity contribution in [2.75, 3.05) is 26.7 Å². The Balaban J connectivity index is 1.80. The third kappa shape index (κ3) is 2.11. The Bertz CT molecular complexity index is 395. The minimum atomic E-state index is 0.349. The molecule has 2 unspecified atom stereocenters. The van der Waals surface area contributed by atoms with Crippen LogP contribution in [0.3, 0.4) is 0 Å². The number of likely N-dealkylation sites (tertiary alicyclic amines) is 1. The van der Waals surface area contributed by atoms with E-state index in [1.807, 2.05) is 0 Å². The predicted molar refractivity (Wildman–Crippen MR) is 66.1 cm³/mol. The maximum Gasteiger partial charge on any atom is 0.211 e. The number of hydrogen-bond acceptors (Lipinski definition) is 4. The zero-order valence-corrected chi connectivity index (χ0v) is 10.7. The molecule has 1 N–H and O–H groups in total. The van der Waals surface area contributed by atoms with Crippen molar-refractivity contribution in [3.63, 3.8) is 0 Å². The van der Waals surface area contributed by atoms with Crippen LogP contribution in [0.2, 0.25) is 0 Å². The molecule has 0 spiro atoms. The van der Waals surface area contributed by atoms with Crippen LogP contribution in [-0.4, -0.2) is 36.6 Å². The fraction of sp³-hybridized carbons (Fsp3) is 0.769. The van der Waals surface area contributed by atoms with E-state index in [0.717, 1.165) is 31.2 Å². The summed E-state index contributed by atoms with van der Waals surface area (Å²) < 4.78 is 5.85. The molecule has 17 heavy (non-hydrogen) atoms. The Morgan fingerprint density at radius 2 is 2.29 bits per heavy atom. The van der Waals surface area contributed by atoms with Gasteiger partial charge < -0.3 is 14.6 Å². The molecule has 94 valence electrons. The van der Waals surface area contributed by atoms with Gasteiger partial charge >= 0.3 is 0 Å². The molecular formula is C13H21N3O. The molecule has 0 radical (unpaired) electrons. The van der Waals surface area contributed by atoms with Crippen molar-refractivity contribution in [2.24, 2.45) is 0 Å². The minimum Gasteiger partial charge on any atom is -0.444 e. The number of likely N-dealkylation sites (N-methyl/N-ethyl adjacent to an activating group) is 1. The maximum absolute atomic E-state index is 5.85. The molecule has 0 aromatic carbocycles. The van der Waals surface area contributed by atoms with Crippen LogP contribution in [0.1, 0.15) is 48.6 Å². The van der Waals surface area contributed by atoms with E-state index >= 15 is 0 Å². The Kier molecular flexibility index (Phi) is 2.92. The highest BCUT2D eigenvalue weighted by molar-refractivity contribution is 5.17. The van der Waals surface area contributed by atoms with Gasteiger partial charge in [0.05, 0.1) is 11.7 Å². The van der Waals surface area contributed by atoms with Crippen molar-refractivity contribution >= 4 is 0 Å². The molecule has 2 fully saturated rings. The second-order valence-electron chi connectivity index (χ2n) is 5.39. The fourth-order valence-corrected chi connectivity index (χ4v) is 3.01. The lowest BCUT2D eigenvalue weighted by molar-refractivity contribution is 0.408. The summed E-state index contributed by atoms with van der Waals surface area (Å²) in [5.41, 5.74) is 1.19. The molecule has 1 aromatic heterocycles. The number of nitrogens with zero attached hydrogens (tertiary/aromatic N) is 2. The number of oxazole rings is 1. The standard InChI is InChI=1S/C13H21N3O/c1-9-12(10-5-7-16(2)8-10)15-13(17-9)11-4-3-6-14-11/h10-11,14H,3-8H2,1-2H3. The van der Waals surface area contributed by atoms with E-state index in [-0.39, 0.29) is 0 Å². The Hall–Kier alpha value is -0.870. The van der Waals surface area contributed by atoms with Crippen LogP contribution >= 0.6 is 0 Å². The van der Waals surface area contributed by atoms with Crippen molar-refractivity contribution in [2.45, 2.75) is 38.1 Å². The van der Waals surface area contributed by atoms with Crippen molar-refractivity contribution in [1.82, 2.24) is 15.2 Å². The van der Waals surface area contributed by atoms with Gasteiger partial charge in [0.1, 0.15) is 5.76 Å². The van der Waals surface area contributed by atoms with Crippen LogP contribution in [0, 0.1) is 6.92 Å². The number of aryl methyl sites for hydroxylation is 1. The average Bonchev–Trinajstić information content (AvgIpc) is 2.97. The highest BCUT2D eigenvalue weighted by Crippen LogP contribution is 2.31. The first-order chi connectivity index (χ1) is 8.24. The third-order valence-corrected chi connectivity index (χ3v) is 3.99. The monoisotopic (exact) mass is 235 g/mol. The van der Waals surface area contributed by atoms with Crippen molar-refractivity contribution in [1.29, 1.82) is 0 Å². The van der Waals surface area contributed by atoms with E-state index in [9.17, 15) is 0 Å². The van der Waals surface area contributed by atoms with Crippen LogP contribution < -0.4 is 5.32 Å². The number of nitrogens with one attached hydrogen (secondary N) is 1. The summed E-state index contributed by atoms with van der Waals surface area (Å²) in [4.78, 5) is 7.12. The molecule has 0 saturated carbocycles. The minimum absolute atomic E-state index is 0.349. The summed E-state index contributed by atoms with van der Waals surface area (Å²) >= 11 is 0. The molecule has 4 nitrogen and oxygen atoms in total. The SMILES string of the molecule is Cc1oc(C2CCCN2)nc1C1CCN(C)C1. The van der Waals surface area contributed by atoms with E-state index in [4.69, 9.17) is 9.40 Å². The molecule has 2 aliphatic heterocycles. The first-order valence-electron chi connectivity index (χ1n) is 6.63. The van der Waals surface area contributed by atoms with E-state index in [1.165, 1.54) is 25.1 Å². The van der Waals surface area contributed by atoms with Crippen LogP contribution in [-0.2, 0) is 0 Å². The molecule has 4 heteroatoms. The first kappa shape index (κ1) is 11.2. The summed E-state index contributed by atoms with van der Waals surface area (Å²) in [6.07, 6.45) is 3.60. The second-order valence-corrected chi connectivity index (χ2v) is 5.39. The summed E-state index contributed by atoms with van der Waals surface area (Å²) in [6, 6.07) is 0.349. The van der Waals surface area contributed by atoms with Crippen LogP contribution in [0.15, 0.2) is 4.42 Å². The van der Waals surface area contributed by atoms with Gasteiger partial charge in [0, 0.05) is 12.5 Å². The third-order valence-electron chi connectivity index (χ3n) is 3.99. The first-order valence-corrected chi connectivity index (χ1v) is 6.63. The average molecular weight is 235 g/mol. The van der Waals surface area contributed by atoms with Gasteiger partial charge in [0.25, 0.3) is 0 Å². The lowest BCUT2D eigenvalue weighted by Gasteiger charge is -2.07. The summed E-state index contributed by atoms with van der Waals surface area (Å²) in [7, 11) is 2.18. The molecule has 0 amide bonds. The zero-order valence-electron chi connectivity index (χ0n) is 10.7. The van der Waals surface area contributed by atoms with Crippen LogP contribution in [0.25, 0.3) is 0 Å². The molecule has 0 aliphatic carbocycles. The normalized spacial score (nSPS) is 30.2. The van der Waals surface area contributed by atoms with Gasteiger partial charge in [-0.15, -0.1) is 0 Å². The summed E-state index contributed by atoms with van der Waals surface area (Å²) in [5.74, 6) is 2.50. The predicted octanol–water partition coefficient (Wildman–Crippen LogP) is 1.83. The van der Waals surface area contributed by atoms with Gasteiger partial charge in [-0.05, 0) is 46.3 Å². The smallest absolute Gasteiger partial charge is 0.211 e. The van der Waals surface area contributed by atoms with E-state index in [2.05, 4.69) is 24.2 Å². The highest BCUT2D eigenvalue weighted by atomic mass is 16.4. The van der Waals surface area contributed by atoms with Gasteiger partial charge in [-0.25, -0.2) is 4.98 Å². The van der Waals surface area contributed by atoms with Gasteiger partial charge in [-0.2, -0.15) is 0 Å². The zero-order chi connectivity index (χ0) is 11.8. The number of hydrogen-bond donors (Lipinski definition) is 1. The highest BCUT2D eigenvalue weighted by Gasteiger charge is 2.29. The largest absolute Gasteiger partial charge is 0.444 e. The second kappa shape index (κ2) is 4.42. The number of rotatable bonds is 2. The van der Waals surface area contributed by atoms with Gasteiger partial charge in [0.15, 0.2) is 0 Å². The van der Waals surface area contributed by atoms with Crippen molar-refractivity contribution < 1.29 is 4.42 Å². The lowest BCUT2D eigenvalue weighted by atomic mass is 10.0. The molecule has 1 aromatic rings. The Morgan fingerprint density at radius 3 is 2.94 bits per heavy atom. The van der Waals surface area contributed by atoms with Crippen LogP contribution in [0.5, 0.6) is 0 Å². The Morgan fingerprint density at radius 1 is 1.41 bits per heavy atom.